The molecule has 26 heavy (non-hydrogen) atoms. The van der Waals surface area contributed by atoms with Gasteiger partial charge in [0, 0.05) is 36.4 Å². The van der Waals surface area contributed by atoms with Gasteiger partial charge in [-0.3, -0.25) is 10.1 Å². The van der Waals surface area contributed by atoms with Crippen molar-refractivity contribution in [3.8, 4) is 17.3 Å². The number of guanidine groups is 1. The standard InChI is InChI=1S/C17H19N9/c18-5-2-17(3-7-25(8-4-17)16(19)20)26-10-12(9-24-26)14-13-1-6-21-15(13)23-11-22-14/h1,6,9-11H,2-4,7-8H2,(H3,19,20)(H,21,22,23). The molecule has 3 aromatic rings. The van der Waals surface area contributed by atoms with Crippen LogP contribution in [0.15, 0.2) is 31.0 Å². The molecule has 0 unspecified atom stereocenters. The lowest BCUT2D eigenvalue weighted by Crippen LogP contribution is -2.49. The molecule has 0 radical (unpaired) electrons. The second-order valence-corrected chi connectivity index (χ2v) is 6.57. The van der Waals surface area contributed by atoms with E-state index in [-0.39, 0.29) is 11.5 Å². The molecule has 4 heterocycles. The van der Waals surface area contributed by atoms with Gasteiger partial charge in [0.2, 0.25) is 0 Å². The number of nitrogens with two attached hydrogens (primary N) is 1. The molecule has 4 N–H and O–H groups in total. The molecule has 0 saturated carbocycles. The Morgan fingerprint density at radius 1 is 1.38 bits per heavy atom. The summed E-state index contributed by atoms with van der Waals surface area (Å²) in [5.74, 6) is 0.0764. The van der Waals surface area contributed by atoms with Gasteiger partial charge < -0.3 is 15.6 Å². The molecule has 1 aliphatic rings. The second kappa shape index (κ2) is 6.15. The SMILES string of the molecule is N#CCC1(n2cc(-c3ncnc4[nH]ccc34)cn2)CCN(C(=N)N)CC1. The highest BCUT2D eigenvalue weighted by molar-refractivity contribution is 5.90. The number of nitriles is 1. The first-order chi connectivity index (χ1) is 12.6. The molecule has 132 valence electrons. The van der Waals surface area contributed by atoms with Crippen LogP contribution >= 0.6 is 0 Å². The molecule has 1 saturated heterocycles. The van der Waals surface area contributed by atoms with Crippen LogP contribution in [0.5, 0.6) is 0 Å². The number of nitrogens with zero attached hydrogens (tertiary/aromatic N) is 6. The molecule has 1 aliphatic heterocycles. The Bertz CT molecular complexity index is 985. The fourth-order valence-electron chi connectivity index (χ4n) is 3.60. The van der Waals surface area contributed by atoms with Gasteiger partial charge in [-0.25, -0.2) is 9.97 Å². The van der Waals surface area contributed by atoms with Gasteiger partial charge in [0.15, 0.2) is 5.96 Å². The lowest BCUT2D eigenvalue weighted by atomic mass is 9.85. The van der Waals surface area contributed by atoms with Crippen molar-refractivity contribution in [3.63, 3.8) is 0 Å². The van der Waals surface area contributed by atoms with E-state index in [4.69, 9.17) is 11.1 Å². The van der Waals surface area contributed by atoms with Crippen LogP contribution in [-0.4, -0.2) is 48.7 Å². The molecular weight excluding hydrogens is 330 g/mol. The summed E-state index contributed by atoms with van der Waals surface area (Å²) >= 11 is 0. The summed E-state index contributed by atoms with van der Waals surface area (Å²) in [5, 5.41) is 22.5. The molecule has 4 rings (SSSR count). The first-order valence-electron chi connectivity index (χ1n) is 8.42. The van der Waals surface area contributed by atoms with E-state index in [0.717, 1.165) is 22.3 Å². The van der Waals surface area contributed by atoms with E-state index in [1.165, 1.54) is 6.33 Å². The van der Waals surface area contributed by atoms with E-state index in [0.29, 0.717) is 32.4 Å². The fourth-order valence-corrected chi connectivity index (χ4v) is 3.60. The zero-order valence-corrected chi connectivity index (χ0v) is 14.2. The number of piperidine rings is 1. The van der Waals surface area contributed by atoms with E-state index in [9.17, 15) is 5.26 Å². The maximum absolute atomic E-state index is 9.36. The minimum Gasteiger partial charge on any atom is -0.370 e. The Labute approximate surface area is 150 Å². The van der Waals surface area contributed by atoms with Gasteiger partial charge in [-0.05, 0) is 18.9 Å². The van der Waals surface area contributed by atoms with Crippen LogP contribution in [-0.2, 0) is 5.54 Å². The molecule has 9 nitrogen and oxygen atoms in total. The van der Waals surface area contributed by atoms with Gasteiger partial charge in [-0.15, -0.1) is 0 Å². The fraction of sp³-hybridized carbons (Fsp3) is 0.353. The highest BCUT2D eigenvalue weighted by Gasteiger charge is 2.37. The first-order valence-corrected chi connectivity index (χ1v) is 8.42. The van der Waals surface area contributed by atoms with E-state index in [1.54, 1.807) is 6.20 Å². The Hall–Kier alpha value is -3.41. The Morgan fingerprint density at radius 3 is 2.92 bits per heavy atom. The molecule has 0 bridgehead atoms. The quantitative estimate of drug-likeness (QED) is 0.483. The summed E-state index contributed by atoms with van der Waals surface area (Å²) in [6.45, 7) is 1.28. The molecule has 0 atom stereocenters. The monoisotopic (exact) mass is 349 g/mol. The number of hydrogen-bond donors (Lipinski definition) is 3. The van der Waals surface area contributed by atoms with Crippen molar-refractivity contribution in [1.82, 2.24) is 29.6 Å². The third-order valence-electron chi connectivity index (χ3n) is 5.14. The maximum atomic E-state index is 9.36. The average Bonchev–Trinajstić information content (AvgIpc) is 3.32. The van der Waals surface area contributed by atoms with Gasteiger partial charge >= 0.3 is 0 Å². The number of rotatable bonds is 3. The van der Waals surface area contributed by atoms with Crippen molar-refractivity contribution in [2.45, 2.75) is 24.8 Å². The zero-order valence-electron chi connectivity index (χ0n) is 14.2. The predicted octanol–water partition coefficient (Wildman–Crippen LogP) is 1.42. The number of likely N-dealkylation sites (tertiary alicyclic amines) is 1. The van der Waals surface area contributed by atoms with Crippen LogP contribution in [0.2, 0.25) is 0 Å². The number of hydrogen-bond acceptors (Lipinski definition) is 5. The summed E-state index contributed by atoms with van der Waals surface area (Å²) in [4.78, 5) is 13.5. The third-order valence-corrected chi connectivity index (χ3v) is 5.14. The molecule has 9 heteroatoms. The van der Waals surface area contributed by atoms with Gasteiger partial charge in [-0.2, -0.15) is 10.4 Å². The van der Waals surface area contributed by atoms with Crippen LogP contribution in [0.4, 0.5) is 0 Å². The van der Waals surface area contributed by atoms with E-state index in [1.807, 2.05) is 28.0 Å². The highest BCUT2D eigenvalue weighted by Crippen LogP contribution is 2.34. The minimum absolute atomic E-state index is 0.0764. The summed E-state index contributed by atoms with van der Waals surface area (Å²) in [5.41, 5.74) is 7.70. The summed E-state index contributed by atoms with van der Waals surface area (Å²) in [7, 11) is 0. The third kappa shape index (κ3) is 2.56. The van der Waals surface area contributed by atoms with Crippen molar-refractivity contribution in [2.75, 3.05) is 13.1 Å². The lowest BCUT2D eigenvalue weighted by Gasteiger charge is -2.40. The van der Waals surface area contributed by atoms with Crippen molar-refractivity contribution in [1.29, 1.82) is 10.7 Å². The van der Waals surface area contributed by atoms with Crippen LogP contribution in [0.25, 0.3) is 22.3 Å². The second-order valence-electron chi connectivity index (χ2n) is 6.57. The van der Waals surface area contributed by atoms with Crippen molar-refractivity contribution in [3.05, 3.63) is 31.0 Å². The number of H-pyrrole nitrogens is 1. The maximum Gasteiger partial charge on any atom is 0.188 e. The molecule has 0 spiro atoms. The van der Waals surface area contributed by atoms with Crippen molar-refractivity contribution >= 4 is 17.0 Å². The molecule has 0 aliphatic carbocycles. The van der Waals surface area contributed by atoms with Gasteiger partial charge in [-0.1, -0.05) is 0 Å². The highest BCUT2D eigenvalue weighted by atomic mass is 15.3. The molecule has 3 aromatic heterocycles. The molecule has 1 fully saturated rings. The topological polar surface area (TPSA) is 136 Å². The van der Waals surface area contributed by atoms with Crippen LogP contribution in [0.3, 0.4) is 0 Å². The first kappa shape index (κ1) is 16.1. The summed E-state index contributed by atoms with van der Waals surface area (Å²) in [6.07, 6.45) is 8.89. The number of aromatic nitrogens is 5. The number of fused-ring (bicyclic) bond motifs is 1. The zero-order chi connectivity index (χ0) is 18.1. The van der Waals surface area contributed by atoms with E-state index < -0.39 is 0 Å². The Balaban J connectivity index is 1.68. The van der Waals surface area contributed by atoms with Crippen molar-refractivity contribution in [2.24, 2.45) is 5.73 Å². The Morgan fingerprint density at radius 2 is 2.19 bits per heavy atom. The average molecular weight is 349 g/mol. The number of aromatic amines is 1. The summed E-state index contributed by atoms with van der Waals surface area (Å²) in [6, 6.07) is 4.24. The largest absolute Gasteiger partial charge is 0.370 e. The molecule has 0 amide bonds. The van der Waals surface area contributed by atoms with Gasteiger partial charge in [0.1, 0.15) is 12.0 Å². The van der Waals surface area contributed by atoms with E-state index >= 15 is 0 Å². The van der Waals surface area contributed by atoms with Gasteiger partial charge in [0.25, 0.3) is 0 Å². The van der Waals surface area contributed by atoms with Crippen LogP contribution < -0.4 is 5.73 Å². The summed E-state index contributed by atoms with van der Waals surface area (Å²) < 4.78 is 1.89. The predicted molar refractivity (Wildman–Crippen MR) is 96.0 cm³/mol. The van der Waals surface area contributed by atoms with Gasteiger partial charge in [0.05, 0.1) is 29.9 Å². The number of nitrogens with one attached hydrogen (secondary N) is 2. The van der Waals surface area contributed by atoms with Crippen LogP contribution in [0.1, 0.15) is 19.3 Å². The lowest BCUT2D eigenvalue weighted by molar-refractivity contribution is 0.141. The molecule has 0 aromatic carbocycles. The molecular formula is C17H19N9. The smallest absolute Gasteiger partial charge is 0.188 e. The van der Waals surface area contributed by atoms with E-state index in [2.05, 4.69) is 26.1 Å². The normalized spacial score (nSPS) is 16.5. The minimum atomic E-state index is -0.386. The Kier molecular flexibility index (Phi) is 3.80. The van der Waals surface area contributed by atoms with Crippen LogP contribution in [0, 0.1) is 16.7 Å². The van der Waals surface area contributed by atoms with Crippen molar-refractivity contribution < 1.29 is 0 Å².